The first-order valence-corrected chi connectivity index (χ1v) is 3.89. The van der Waals surface area contributed by atoms with Crippen LogP contribution in [0.3, 0.4) is 0 Å². The van der Waals surface area contributed by atoms with Gasteiger partial charge in [0.15, 0.2) is 4.10 Å². The summed E-state index contributed by atoms with van der Waals surface area (Å²) in [4.78, 5) is 9.30. The summed E-state index contributed by atoms with van der Waals surface area (Å²) in [5, 5.41) is 7.65. The maximum absolute atomic E-state index is 9.30. The predicted molar refractivity (Wildman–Crippen MR) is 19.6 cm³/mol. The lowest BCUT2D eigenvalue weighted by Crippen LogP contribution is -1.94. The number of carboxylic acid groups (broad SMARTS) is 1. The van der Waals surface area contributed by atoms with Crippen molar-refractivity contribution in [3.63, 3.8) is 0 Å². The molecule has 0 aliphatic heterocycles. The van der Waals surface area contributed by atoms with E-state index in [0.717, 1.165) is 0 Å². The third-order valence-corrected chi connectivity index (χ3v) is 1.03. The first kappa shape index (κ1) is 5.53. The number of rotatable bonds is 1. The van der Waals surface area contributed by atoms with Crippen LogP contribution in [0.5, 0.6) is 0 Å². The Balaban J connectivity index is 2.85. The summed E-state index contributed by atoms with van der Waals surface area (Å²) in [7, 11) is 4.88. The van der Waals surface area contributed by atoms with Crippen LogP contribution in [0.4, 0.5) is 4.79 Å². The lowest BCUT2D eigenvalue weighted by atomic mass is 11.6. The Kier molecular flexibility index (Phi) is 3.04. The molecule has 0 atom stereocenters. The van der Waals surface area contributed by atoms with Gasteiger partial charge in [-0.1, -0.05) is 0 Å². The number of hydrogen-bond donors (Lipinski definition) is 1. The third-order valence-electron chi connectivity index (χ3n) is 0.114. The van der Waals surface area contributed by atoms with Gasteiger partial charge in [-0.2, -0.15) is 0 Å². The number of halogens is 1. The highest BCUT2D eigenvalue weighted by molar-refractivity contribution is 7.10. The maximum atomic E-state index is 9.30. The summed E-state index contributed by atoms with van der Waals surface area (Å²) < 4.78 is -0.841. The summed E-state index contributed by atoms with van der Waals surface area (Å²) in [5.41, 5.74) is 0. The molecule has 0 spiro atoms. The van der Waals surface area contributed by atoms with Crippen LogP contribution < -0.4 is 0 Å². The standard InChI is InChI=1S/CHO2.ClH.Mg/c2-1-3;;/h(H,2,3);1H;/q;;+1/p-1. The van der Waals surface area contributed by atoms with Gasteiger partial charge in [-0.25, -0.2) is 0 Å². The average Bonchev–Trinajstić information content (AvgIpc) is 1.38. The number of carbonyl (C=O) groups is 1. The highest BCUT2D eigenvalue weighted by Crippen LogP contribution is 1.66. The van der Waals surface area contributed by atoms with E-state index >= 15 is 0 Å². The van der Waals surface area contributed by atoms with Crippen molar-refractivity contribution in [3.05, 3.63) is 0 Å². The SMILES string of the molecule is O=[C](O)[Mg][Cl]. The van der Waals surface area contributed by atoms with Gasteiger partial charge in [-0.3, -0.25) is 4.79 Å². The van der Waals surface area contributed by atoms with Gasteiger partial charge in [0.1, 0.15) is 0 Å². The van der Waals surface area contributed by atoms with E-state index in [1.807, 2.05) is 0 Å². The molecule has 5 heavy (non-hydrogen) atoms. The molecule has 0 saturated carbocycles. The van der Waals surface area contributed by atoms with Crippen LogP contribution in [0.25, 0.3) is 0 Å². The van der Waals surface area contributed by atoms with Crippen molar-refractivity contribution < 1.29 is 9.90 Å². The van der Waals surface area contributed by atoms with Crippen LogP contribution >= 0.6 is 9.07 Å². The van der Waals surface area contributed by atoms with Crippen molar-refractivity contribution in [2.75, 3.05) is 0 Å². The van der Waals surface area contributed by atoms with Crippen LogP contribution in [0.1, 0.15) is 0 Å². The molecule has 0 saturated heterocycles. The Morgan fingerprint density at radius 2 is 2.20 bits per heavy atom. The average molecular weight is 105 g/mol. The fourth-order valence-electron chi connectivity index (χ4n) is 0. The molecule has 1 N–H and O–H groups in total. The molecule has 0 fully saturated rings. The molecule has 0 bridgehead atoms. The van der Waals surface area contributed by atoms with Gasteiger partial charge in [0, 0.05) is 0 Å². The van der Waals surface area contributed by atoms with Crippen LogP contribution in [-0.4, -0.2) is 28.5 Å². The Morgan fingerprint density at radius 1 is 2.00 bits per heavy atom. The quantitative estimate of drug-likeness (QED) is 0.493. The van der Waals surface area contributed by atoms with Crippen molar-refractivity contribution >= 4 is 32.4 Å². The van der Waals surface area contributed by atoms with Crippen molar-refractivity contribution in [1.29, 1.82) is 0 Å². The zero-order valence-corrected chi connectivity index (χ0v) is 4.61. The number of hydrogen-bond acceptors (Lipinski definition) is 1. The lowest BCUT2D eigenvalue weighted by Gasteiger charge is -1.67. The smallest absolute Gasteiger partial charge is 0.504 e. The molecule has 0 aromatic rings. The van der Waals surface area contributed by atoms with Gasteiger partial charge in [0.05, 0.1) is 0 Å². The summed E-state index contributed by atoms with van der Waals surface area (Å²) >= 11 is -1.26. The Hall–Kier alpha value is 0.526. The van der Waals surface area contributed by atoms with E-state index in [-0.39, 0.29) is 0 Å². The molecule has 26 valence electrons. The molecule has 0 rings (SSSR count). The van der Waals surface area contributed by atoms with Gasteiger partial charge in [-0.15, -0.1) is 0 Å². The Bertz CT molecular complexity index is 44.9. The highest BCUT2D eigenvalue weighted by atomic mass is 35.5. The summed E-state index contributed by atoms with van der Waals surface area (Å²) in [6.07, 6.45) is 0. The lowest BCUT2D eigenvalue weighted by molar-refractivity contribution is 0.220. The molecule has 0 amide bonds. The topological polar surface area (TPSA) is 37.3 Å². The van der Waals surface area contributed by atoms with E-state index in [1.165, 1.54) is 0 Å². The second-order valence-electron chi connectivity index (χ2n) is 0.527. The minimum atomic E-state index is -1.26. The Labute approximate surface area is 42.6 Å². The van der Waals surface area contributed by atoms with Crippen LogP contribution in [0.2, 0.25) is 0 Å². The summed E-state index contributed by atoms with van der Waals surface area (Å²) in [6.45, 7) is 0. The van der Waals surface area contributed by atoms with Crippen LogP contribution in [0, 0.1) is 0 Å². The predicted octanol–water partition coefficient (Wildman–Crippen LogP) is 0.522. The summed E-state index contributed by atoms with van der Waals surface area (Å²) in [6, 6.07) is 0. The van der Waals surface area contributed by atoms with Gasteiger partial charge >= 0.3 is 19.3 Å². The molecule has 0 aliphatic rings. The molecule has 2 nitrogen and oxygen atoms in total. The van der Waals surface area contributed by atoms with Gasteiger partial charge in [-0.05, 0) is 0 Å². The van der Waals surface area contributed by atoms with E-state index in [4.69, 9.17) is 14.2 Å². The van der Waals surface area contributed by atoms with Crippen molar-refractivity contribution in [2.45, 2.75) is 0 Å². The van der Waals surface area contributed by atoms with Crippen LogP contribution in [-0.2, 0) is 0 Å². The van der Waals surface area contributed by atoms with E-state index in [1.54, 1.807) is 0 Å². The van der Waals surface area contributed by atoms with Gasteiger partial charge < -0.3 is 14.2 Å². The largest absolute Gasteiger partial charge is 0.659 e. The zero-order valence-electron chi connectivity index (χ0n) is 2.44. The minimum Gasteiger partial charge on any atom is -0.504 e. The molecule has 0 unspecified atom stereocenters. The van der Waals surface area contributed by atoms with Crippen molar-refractivity contribution in [3.8, 4) is 0 Å². The van der Waals surface area contributed by atoms with Gasteiger partial charge in [0.25, 0.3) is 0 Å². The molecule has 0 heterocycles. The fourth-order valence-corrected chi connectivity index (χ4v) is 0. The van der Waals surface area contributed by atoms with Crippen molar-refractivity contribution in [2.24, 2.45) is 0 Å². The highest BCUT2D eigenvalue weighted by Gasteiger charge is 1.96. The van der Waals surface area contributed by atoms with E-state index in [0.29, 0.717) is 0 Å². The molecule has 0 aromatic carbocycles. The molecular formula is CHClMgO2. The van der Waals surface area contributed by atoms with Crippen LogP contribution in [0.15, 0.2) is 0 Å². The monoisotopic (exact) mass is 104 g/mol. The Morgan fingerprint density at radius 3 is 2.20 bits per heavy atom. The van der Waals surface area contributed by atoms with E-state index < -0.39 is 23.4 Å². The van der Waals surface area contributed by atoms with Gasteiger partial charge in [0.2, 0.25) is 0 Å². The zero-order chi connectivity index (χ0) is 4.28. The molecule has 0 radical (unpaired) electrons. The van der Waals surface area contributed by atoms with E-state index in [9.17, 15) is 4.79 Å². The first-order chi connectivity index (χ1) is 2.27. The van der Waals surface area contributed by atoms with E-state index in [2.05, 4.69) is 0 Å². The molecular weight excluding hydrogens is 104 g/mol. The molecule has 0 aliphatic carbocycles. The normalized spacial score (nSPS) is 5.80. The fraction of sp³-hybridized carbons (Fsp3) is 0. The second-order valence-corrected chi connectivity index (χ2v) is 2.20. The second kappa shape index (κ2) is 2.75. The third kappa shape index (κ3) is 4.53. The first-order valence-electron chi connectivity index (χ1n) is 1.05. The summed E-state index contributed by atoms with van der Waals surface area (Å²) in [5.74, 6) is 0. The maximum Gasteiger partial charge on any atom is 0.659 e. The molecule has 0 aromatic heterocycles. The molecule has 4 heteroatoms. The van der Waals surface area contributed by atoms with Crippen molar-refractivity contribution in [1.82, 2.24) is 0 Å². The minimum absolute atomic E-state index is 0.841.